The van der Waals surface area contributed by atoms with Crippen molar-refractivity contribution in [2.75, 3.05) is 13.6 Å². The Morgan fingerprint density at radius 3 is 3.06 bits per heavy atom. The predicted molar refractivity (Wildman–Crippen MR) is 73.5 cm³/mol. The number of hydrogen-bond donors (Lipinski definition) is 1. The number of aryl methyl sites for hydroxylation is 1. The van der Waals surface area contributed by atoms with Crippen molar-refractivity contribution in [2.24, 2.45) is 5.92 Å². The number of hydrogen-bond acceptors (Lipinski definition) is 4. The van der Waals surface area contributed by atoms with E-state index in [9.17, 15) is 4.79 Å². The van der Waals surface area contributed by atoms with E-state index in [1.807, 2.05) is 19.4 Å². The molecule has 2 unspecified atom stereocenters. The van der Waals surface area contributed by atoms with Crippen LogP contribution in [0.1, 0.15) is 30.5 Å². The summed E-state index contributed by atoms with van der Waals surface area (Å²) in [5.74, 6) is 0.822. The number of piperidine rings is 1. The van der Waals surface area contributed by atoms with Crippen molar-refractivity contribution in [2.45, 2.75) is 39.3 Å². The zero-order valence-corrected chi connectivity index (χ0v) is 12.1. The zero-order valence-electron chi connectivity index (χ0n) is 11.3. The van der Waals surface area contributed by atoms with Crippen LogP contribution < -0.4 is 5.32 Å². The molecule has 0 saturated carbocycles. The van der Waals surface area contributed by atoms with Gasteiger partial charge in [-0.05, 0) is 32.2 Å². The molecule has 4 nitrogen and oxygen atoms in total. The second kappa shape index (κ2) is 5.80. The highest BCUT2D eigenvalue weighted by Crippen LogP contribution is 2.17. The molecule has 5 heteroatoms. The van der Waals surface area contributed by atoms with Gasteiger partial charge in [0, 0.05) is 12.4 Å². The number of carbonyl (C=O) groups excluding carboxylic acids is 1. The monoisotopic (exact) mass is 267 g/mol. The molecule has 1 aromatic heterocycles. The van der Waals surface area contributed by atoms with E-state index in [0.717, 1.165) is 23.7 Å². The molecule has 1 N–H and O–H groups in total. The van der Waals surface area contributed by atoms with Gasteiger partial charge in [-0.3, -0.25) is 4.79 Å². The minimum atomic E-state index is -0.0153. The smallest absolute Gasteiger partial charge is 0.239 e. The van der Waals surface area contributed by atoms with Crippen LogP contribution in [0.25, 0.3) is 0 Å². The van der Waals surface area contributed by atoms with E-state index >= 15 is 0 Å². The summed E-state index contributed by atoms with van der Waals surface area (Å²) in [6.45, 7) is 5.75. The highest BCUT2D eigenvalue weighted by molar-refractivity contribution is 7.09. The highest BCUT2D eigenvalue weighted by Gasteiger charge is 2.27. The zero-order chi connectivity index (χ0) is 13.1. The Hall–Kier alpha value is -0.940. The maximum absolute atomic E-state index is 12.3. The third-order valence-corrected chi connectivity index (χ3v) is 4.23. The maximum atomic E-state index is 12.3. The van der Waals surface area contributed by atoms with Crippen molar-refractivity contribution >= 4 is 17.2 Å². The second-order valence-electron chi connectivity index (χ2n) is 5.19. The lowest BCUT2D eigenvalue weighted by atomic mass is 9.93. The molecule has 2 atom stereocenters. The van der Waals surface area contributed by atoms with Gasteiger partial charge >= 0.3 is 0 Å². The second-order valence-corrected chi connectivity index (χ2v) is 6.25. The van der Waals surface area contributed by atoms with Crippen molar-refractivity contribution in [3.05, 3.63) is 16.1 Å². The van der Waals surface area contributed by atoms with Gasteiger partial charge in [-0.1, -0.05) is 6.92 Å². The number of thiazole rings is 1. The van der Waals surface area contributed by atoms with Crippen molar-refractivity contribution in [3.8, 4) is 0 Å². The Labute approximate surface area is 112 Å². The molecular weight excluding hydrogens is 246 g/mol. The molecule has 1 aliphatic rings. The van der Waals surface area contributed by atoms with Gasteiger partial charge in [0.1, 0.15) is 0 Å². The molecule has 2 rings (SSSR count). The minimum absolute atomic E-state index is 0.0153. The number of rotatable bonds is 3. The highest BCUT2D eigenvalue weighted by atomic mass is 32.1. The van der Waals surface area contributed by atoms with E-state index in [2.05, 4.69) is 17.2 Å². The fourth-order valence-corrected chi connectivity index (χ4v) is 2.97. The van der Waals surface area contributed by atoms with Crippen LogP contribution in [0.15, 0.2) is 5.38 Å². The number of likely N-dealkylation sites (N-methyl/N-ethyl adjacent to an activating group) is 1. The Kier molecular flexibility index (Phi) is 4.35. The Balaban J connectivity index is 1.91. The van der Waals surface area contributed by atoms with E-state index in [-0.39, 0.29) is 11.9 Å². The number of nitrogens with zero attached hydrogens (tertiary/aromatic N) is 2. The van der Waals surface area contributed by atoms with E-state index < -0.39 is 0 Å². The van der Waals surface area contributed by atoms with Gasteiger partial charge in [-0.25, -0.2) is 4.98 Å². The van der Waals surface area contributed by atoms with Crippen LogP contribution in [0.4, 0.5) is 0 Å². The normalized spacial score (nSPS) is 23.9. The van der Waals surface area contributed by atoms with Crippen LogP contribution in [0.5, 0.6) is 0 Å². The first-order valence-corrected chi connectivity index (χ1v) is 7.33. The van der Waals surface area contributed by atoms with Crippen molar-refractivity contribution in [1.29, 1.82) is 0 Å². The summed E-state index contributed by atoms with van der Waals surface area (Å²) < 4.78 is 0. The molecule has 1 aromatic rings. The summed E-state index contributed by atoms with van der Waals surface area (Å²) in [4.78, 5) is 18.5. The lowest BCUT2D eigenvalue weighted by molar-refractivity contribution is -0.133. The van der Waals surface area contributed by atoms with E-state index in [0.29, 0.717) is 12.5 Å². The van der Waals surface area contributed by atoms with Crippen LogP contribution in [0.3, 0.4) is 0 Å². The van der Waals surface area contributed by atoms with Gasteiger partial charge in [0.15, 0.2) is 0 Å². The molecule has 100 valence electrons. The average Bonchev–Trinajstić information content (AvgIpc) is 2.73. The molecule has 18 heavy (non-hydrogen) atoms. The standard InChI is InChI=1S/C13H21N3OS/c1-9-4-5-14-12(6-9)13(17)16(3)7-11-8-18-10(2)15-11/h8-9,12,14H,4-7H2,1-3H3. The average molecular weight is 267 g/mol. The molecule has 1 saturated heterocycles. The SMILES string of the molecule is Cc1nc(CN(C)C(=O)C2CC(C)CCN2)cs1. The minimum Gasteiger partial charge on any atom is -0.338 e. The molecule has 0 radical (unpaired) electrons. The first kappa shape index (κ1) is 13.5. The summed E-state index contributed by atoms with van der Waals surface area (Å²) >= 11 is 1.63. The molecule has 0 spiro atoms. The van der Waals surface area contributed by atoms with Crippen molar-refractivity contribution < 1.29 is 4.79 Å². The van der Waals surface area contributed by atoms with Gasteiger partial charge in [-0.15, -0.1) is 11.3 Å². The summed E-state index contributed by atoms with van der Waals surface area (Å²) in [5, 5.41) is 6.39. The molecule has 1 fully saturated rings. The fourth-order valence-electron chi connectivity index (χ4n) is 2.36. The third kappa shape index (κ3) is 3.29. The number of carbonyl (C=O) groups is 1. The van der Waals surface area contributed by atoms with Crippen LogP contribution in [-0.2, 0) is 11.3 Å². The van der Waals surface area contributed by atoms with Crippen LogP contribution >= 0.6 is 11.3 Å². The van der Waals surface area contributed by atoms with Gasteiger partial charge < -0.3 is 10.2 Å². The summed E-state index contributed by atoms with van der Waals surface area (Å²) in [5.41, 5.74) is 0.984. The number of amides is 1. The molecule has 0 bridgehead atoms. The van der Waals surface area contributed by atoms with E-state index in [1.165, 1.54) is 6.42 Å². The van der Waals surface area contributed by atoms with Gasteiger partial charge in [0.2, 0.25) is 5.91 Å². The molecule has 0 aromatic carbocycles. The van der Waals surface area contributed by atoms with E-state index in [4.69, 9.17) is 0 Å². The van der Waals surface area contributed by atoms with Gasteiger partial charge in [0.25, 0.3) is 0 Å². The quantitative estimate of drug-likeness (QED) is 0.908. The maximum Gasteiger partial charge on any atom is 0.239 e. The summed E-state index contributed by atoms with van der Waals surface area (Å²) in [7, 11) is 1.86. The van der Waals surface area contributed by atoms with Crippen LogP contribution in [0, 0.1) is 12.8 Å². The summed E-state index contributed by atoms with van der Waals surface area (Å²) in [6.07, 6.45) is 2.11. The number of aromatic nitrogens is 1. The third-order valence-electron chi connectivity index (χ3n) is 3.41. The Morgan fingerprint density at radius 1 is 1.67 bits per heavy atom. The molecule has 1 aliphatic heterocycles. The topological polar surface area (TPSA) is 45.2 Å². The first-order chi connectivity index (χ1) is 8.56. The van der Waals surface area contributed by atoms with Gasteiger partial charge in [-0.2, -0.15) is 0 Å². The number of nitrogens with one attached hydrogen (secondary N) is 1. The van der Waals surface area contributed by atoms with E-state index in [1.54, 1.807) is 16.2 Å². The summed E-state index contributed by atoms with van der Waals surface area (Å²) in [6, 6.07) is -0.0153. The predicted octanol–water partition coefficient (Wildman–Crippen LogP) is 1.80. The molecule has 1 amide bonds. The molecule has 2 heterocycles. The van der Waals surface area contributed by atoms with Gasteiger partial charge in [0.05, 0.1) is 23.3 Å². The Bertz CT molecular complexity index is 418. The Morgan fingerprint density at radius 2 is 2.44 bits per heavy atom. The van der Waals surface area contributed by atoms with Crippen LogP contribution in [0.2, 0.25) is 0 Å². The largest absolute Gasteiger partial charge is 0.338 e. The first-order valence-electron chi connectivity index (χ1n) is 6.45. The molecular formula is C13H21N3OS. The van der Waals surface area contributed by atoms with Crippen LogP contribution in [-0.4, -0.2) is 35.4 Å². The van der Waals surface area contributed by atoms with Crippen molar-refractivity contribution in [3.63, 3.8) is 0 Å². The molecule has 0 aliphatic carbocycles. The lowest BCUT2D eigenvalue weighted by Crippen LogP contribution is -2.48. The fraction of sp³-hybridized carbons (Fsp3) is 0.692. The van der Waals surface area contributed by atoms with Crippen molar-refractivity contribution in [1.82, 2.24) is 15.2 Å². The lowest BCUT2D eigenvalue weighted by Gasteiger charge is -2.30.